The van der Waals surface area contributed by atoms with Gasteiger partial charge in [0.25, 0.3) is 0 Å². The molecule has 0 unspecified atom stereocenters. The Labute approximate surface area is 180 Å². The first-order valence-corrected chi connectivity index (χ1v) is 11.7. The second kappa shape index (κ2) is 7.66. The van der Waals surface area contributed by atoms with E-state index in [-0.39, 0.29) is 29.1 Å². The molecule has 1 N–H and O–H groups in total. The molecule has 8 nitrogen and oxygen atoms in total. The van der Waals surface area contributed by atoms with Crippen molar-refractivity contribution in [1.82, 2.24) is 19.8 Å². The maximum Gasteiger partial charge on any atom is 0.308 e. The van der Waals surface area contributed by atoms with Crippen LogP contribution in [0.2, 0.25) is 0 Å². The third-order valence-corrected chi connectivity index (χ3v) is 8.55. The van der Waals surface area contributed by atoms with Crippen molar-refractivity contribution in [2.45, 2.75) is 42.0 Å². The molecule has 30 heavy (non-hydrogen) atoms. The largest absolute Gasteiger partial charge is 0.341 e. The number of fused-ring (bicyclic) bond motifs is 2. The molecule has 0 bridgehead atoms. The van der Waals surface area contributed by atoms with Crippen molar-refractivity contribution in [2.75, 3.05) is 13.1 Å². The zero-order valence-electron chi connectivity index (χ0n) is 16.1. The Morgan fingerprint density at radius 2 is 1.97 bits per heavy atom. The predicted molar refractivity (Wildman–Crippen MR) is 111 cm³/mol. The van der Waals surface area contributed by atoms with Crippen LogP contribution in [0.1, 0.15) is 35.6 Å². The number of carbonyl (C=O) groups excluding carboxylic acids is 3. The van der Waals surface area contributed by atoms with E-state index in [9.17, 15) is 19.2 Å². The number of hydrogen-bond acceptors (Lipinski definition) is 7. The molecule has 0 saturated carbocycles. The highest BCUT2D eigenvalue weighted by atomic mass is 32.2. The lowest BCUT2D eigenvalue weighted by Crippen LogP contribution is -2.39. The highest BCUT2D eigenvalue weighted by molar-refractivity contribution is 8.00. The third-order valence-electron chi connectivity index (χ3n) is 5.93. The summed E-state index contributed by atoms with van der Waals surface area (Å²) in [5, 5.41) is 2.43. The molecule has 3 aliphatic heterocycles. The zero-order chi connectivity index (χ0) is 20.8. The molecule has 0 radical (unpaired) electrons. The van der Waals surface area contributed by atoms with E-state index >= 15 is 0 Å². The molecular weight excluding hydrogens is 424 g/mol. The molecular formula is C20H20N4O4S2. The van der Waals surface area contributed by atoms with E-state index in [1.54, 1.807) is 23.4 Å². The number of hydrogen-bond donors (Lipinski definition) is 1. The monoisotopic (exact) mass is 444 g/mol. The number of piperidine rings is 1. The molecule has 156 valence electrons. The van der Waals surface area contributed by atoms with Gasteiger partial charge < -0.3 is 4.90 Å². The van der Waals surface area contributed by atoms with E-state index in [4.69, 9.17) is 0 Å². The van der Waals surface area contributed by atoms with Gasteiger partial charge in [-0.15, -0.1) is 0 Å². The lowest BCUT2D eigenvalue weighted by Gasteiger charge is -2.31. The predicted octanol–water partition coefficient (Wildman–Crippen LogP) is 1.20. The minimum absolute atomic E-state index is 0.0373. The molecule has 0 aromatic carbocycles. The Morgan fingerprint density at radius 3 is 2.70 bits per heavy atom. The van der Waals surface area contributed by atoms with Crippen LogP contribution >= 0.6 is 23.1 Å². The molecule has 2 saturated heterocycles. The van der Waals surface area contributed by atoms with Crippen LogP contribution in [0.5, 0.6) is 0 Å². The number of nitrogens with zero attached hydrogens (tertiary/aromatic N) is 3. The van der Waals surface area contributed by atoms with E-state index in [1.807, 2.05) is 6.07 Å². The summed E-state index contributed by atoms with van der Waals surface area (Å²) in [4.78, 5) is 57.2. The van der Waals surface area contributed by atoms with Crippen molar-refractivity contribution in [3.05, 3.63) is 44.6 Å². The lowest BCUT2D eigenvalue weighted by atomic mass is 9.84. The van der Waals surface area contributed by atoms with Gasteiger partial charge in [-0.2, -0.15) is 0 Å². The minimum Gasteiger partial charge on any atom is -0.341 e. The Bertz CT molecular complexity index is 1070. The number of likely N-dealkylation sites (tertiary alicyclic amines) is 1. The van der Waals surface area contributed by atoms with Gasteiger partial charge in [0.05, 0.1) is 10.9 Å². The maximum atomic E-state index is 12.9. The van der Waals surface area contributed by atoms with E-state index in [0.29, 0.717) is 18.1 Å². The van der Waals surface area contributed by atoms with Gasteiger partial charge in [0.15, 0.2) is 0 Å². The van der Waals surface area contributed by atoms with E-state index in [0.717, 1.165) is 41.0 Å². The number of pyridine rings is 1. The summed E-state index contributed by atoms with van der Waals surface area (Å²) < 4.78 is 1.48. The number of amides is 3. The number of imide groups is 1. The Balaban J connectivity index is 1.56. The van der Waals surface area contributed by atoms with Crippen molar-refractivity contribution >= 4 is 40.8 Å². The smallest absolute Gasteiger partial charge is 0.308 e. The highest BCUT2D eigenvalue weighted by Gasteiger charge is 2.52. The van der Waals surface area contributed by atoms with Gasteiger partial charge in [-0.3, -0.25) is 34.0 Å². The molecule has 3 amide bonds. The molecule has 10 heteroatoms. The van der Waals surface area contributed by atoms with Crippen molar-refractivity contribution in [3.63, 3.8) is 0 Å². The first-order valence-electron chi connectivity index (χ1n) is 9.97. The van der Waals surface area contributed by atoms with Gasteiger partial charge in [-0.1, -0.05) is 29.2 Å². The van der Waals surface area contributed by atoms with Crippen LogP contribution in [0.25, 0.3) is 0 Å². The molecule has 2 fully saturated rings. The molecule has 5 rings (SSSR count). The van der Waals surface area contributed by atoms with E-state index < -0.39 is 17.1 Å². The summed E-state index contributed by atoms with van der Waals surface area (Å²) in [6.07, 6.45) is 6.39. The summed E-state index contributed by atoms with van der Waals surface area (Å²) in [7, 11) is 0. The first kappa shape index (κ1) is 19.5. The van der Waals surface area contributed by atoms with Crippen LogP contribution in [0, 0.1) is 5.92 Å². The van der Waals surface area contributed by atoms with Gasteiger partial charge in [0, 0.05) is 36.3 Å². The van der Waals surface area contributed by atoms with Gasteiger partial charge in [-0.05, 0) is 30.9 Å². The molecule has 3 atom stereocenters. The van der Waals surface area contributed by atoms with Crippen molar-refractivity contribution < 1.29 is 14.4 Å². The number of carbonyl (C=O) groups is 3. The number of thioether (sulfide) groups is 1. The SMILES string of the molecule is O=C1NC(=O)[C@H]2Sc3c(sc(=O)n3CC(=O)N3CCCCC3)[C@@H](c3cccnc3)[C@@H]12. The minimum atomic E-state index is -0.624. The molecule has 5 heterocycles. The standard InChI is InChI=1S/C20H20N4O4S2/c25-12(23-7-2-1-3-8-23)10-24-19-16(30-20(24)28)13(11-5-4-6-21-9-11)14-15(29-19)18(27)22-17(14)26/h4-6,9,13-15H,1-3,7-8,10H2,(H,22,26,27)/t13-,14+,15-/m0/s1. The summed E-state index contributed by atoms with van der Waals surface area (Å²) in [6, 6.07) is 3.64. The third kappa shape index (κ3) is 3.18. The molecule has 2 aromatic rings. The van der Waals surface area contributed by atoms with Crippen LogP contribution in [-0.4, -0.2) is 50.5 Å². The van der Waals surface area contributed by atoms with Gasteiger partial charge in [0.1, 0.15) is 11.8 Å². The van der Waals surface area contributed by atoms with Crippen LogP contribution in [0.3, 0.4) is 0 Å². The zero-order valence-corrected chi connectivity index (χ0v) is 17.7. The normalized spacial score (nSPS) is 25.6. The number of aromatic nitrogens is 2. The van der Waals surface area contributed by atoms with Crippen LogP contribution in [-0.2, 0) is 20.9 Å². The molecule has 0 spiro atoms. The number of nitrogens with one attached hydrogen (secondary N) is 1. The average Bonchev–Trinajstić information content (AvgIpc) is 3.23. The number of thiazole rings is 1. The first-order chi connectivity index (χ1) is 14.5. The lowest BCUT2D eigenvalue weighted by molar-refractivity contribution is -0.133. The van der Waals surface area contributed by atoms with Crippen LogP contribution < -0.4 is 10.2 Å². The van der Waals surface area contributed by atoms with Crippen molar-refractivity contribution in [2.24, 2.45) is 5.92 Å². The fourth-order valence-corrected chi connectivity index (χ4v) is 7.21. The summed E-state index contributed by atoms with van der Waals surface area (Å²) in [5.74, 6) is -1.78. The van der Waals surface area contributed by atoms with E-state index in [2.05, 4.69) is 10.3 Å². The second-order valence-corrected chi connectivity index (χ2v) is 9.87. The van der Waals surface area contributed by atoms with Gasteiger partial charge in [0.2, 0.25) is 17.7 Å². The Morgan fingerprint density at radius 1 is 1.17 bits per heavy atom. The quantitative estimate of drug-likeness (QED) is 0.714. The van der Waals surface area contributed by atoms with Crippen molar-refractivity contribution in [3.8, 4) is 0 Å². The fraction of sp³-hybridized carbons (Fsp3) is 0.450. The fourth-order valence-electron chi connectivity index (χ4n) is 4.47. The molecule has 2 aromatic heterocycles. The molecule has 0 aliphatic carbocycles. The second-order valence-electron chi connectivity index (χ2n) is 7.75. The van der Waals surface area contributed by atoms with Crippen LogP contribution in [0.4, 0.5) is 0 Å². The summed E-state index contributed by atoms with van der Waals surface area (Å²) in [6.45, 7) is 1.39. The topological polar surface area (TPSA) is 101 Å². The van der Waals surface area contributed by atoms with E-state index in [1.165, 1.54) is 16.3 Å². The summed E-state index contributed by atoms with van der Waals surface area (Å²) >= 11 is 2.28. The van der Waals surface area contributed by atoms with Crippen molar-refractivity contribution in [1.29, 1.82) is 0 Å². The number of rotatable bonds is 3. The summed E-state index contributed by atoms with van der Waals surface area (Å²) in [5.41, 5.74) is 0.787. The van der Waals surface area contributed by atoms with Gasteiger partial charge in [-0.25, -0.2) is 0 Å². The molecule has 3 aliphatic rings. The Hall–Kier alpha value is -2.46. The maximum absolute atomic E-state index is 12.9. The van der Waals surface area contributed by atoms with Crippen LogP contribution in [0.15, 0.2) is 34.3 Å². The van der Waals surface area contributed by atoms with Gasteiger partial charge >= 0.3 is 4.87 Å². The average molecular weight is 445 g/mol. The highest BCUT2D eigenvalue weighted by Crippen LogP contribution is 2.51. The Kier molecular flexibility index (Phi) is 4.98.